The number of furan rings is 1. The summed E-state index contributed by atoms with van der Waals surface area (Å²) in [5.74, 6) is -1.83. The van der Waals surface area contributed by atoms with E-state index in [2.05, 4.69) is 0 Å². The van der Waals surface area contributed by atoms with Crippen molar-refractivity contribution < 1.29 is 27.5 Å². The van der Waals surface area contributed by atoms with Crippen LogP contribution in [0.4, 0.5) is 13.2 Å². The molecule has 102 valence electrons. The number of alkyl halides is 3. The third-order valence-electron chi connectivity index (χ3n) is 2.93. The maximum atomic E-state index is 12.9. The van der Waals surface area contributed by atoms with Gasteiger partial charge in [-0.25, -0.2) is 0 Å². The smallest absolute Gasteiger partial charge is 0.417 e. The van der Waals surface area contributed by atoms with Crippen LogP contribution in [0.25, 0.3) is 11.0 Å². The molecule has 1 aromatic heterocycles. The molecular formula is C13H11F3O3. The van der Waals surface area contributed by atoms with Crippen molar-refractivity contribution >= 4 is 16.9 Å². The second kappa shape index (κ2) is 4.60. The molecule has 0 aliphatic heterocycles. The number of hydrogen-bond donors (Lipinski definition) is 1. The average Bonchev–Trinajstić information content (AvgIpc) is 2.71. The standard InChI is InChI=1S/C13H11F3O3/c1-7(12(17)18)5-8-6-19-10-4-2-3-9(11(8)10)13(14,15)16/h2-4,6-7H,5H2,1H3,(H,17,18). The monoisotopic (exact) mass is 272 g/mol. The fraction of sp³-hybridized carbons (Fsp3) is 0.308. The summed E-state index contributed by atoms with van der Waals surface area (Å²) >= 11 is 0. The minimum Gasteiger partial charge on any atom is -0.481 e. The van der Waals surface area contributed by atoms with Gasteiger partial charge in [0.25, 0.3) is 0 Å². The first-order valence-corrected chi connectivity index (χ1v) is 5.60. The van der Waals surface area contributed by atoms with Crippen molar-refractivity contribution in [3.63, 3.8) is 0 Å². The van der Waals surface area contributed by atoms with Crippen LogP contribution in [0.1, 0.15) is 18.1 Å². The Kier molecular flexibility index (Phi) is 3.26. The maximum absolute atomic E-state index is 12.9. The first kappa shape index (κ1) is 13.5. The summed E-state index contributed by atoms with van der Waals surface area (Å²) in [5, 5.41) is 8.78. The largest absolute Gasteiger partial charge is 0.481 e. The van der Waals surface area contributed by atoms with Crippen LogP contribution in [0.5, 0.6) is 0 Å². The molecule has 1 aromatic carbocycles. The second-order valence-corrected chi connectivity index (χ2v) is 4.38. The molecule has 1 unspecified atom stereocenters. The zero-order valence-electron chi connectivity index (χ0n) is 9.99. The van der Waals surface area contributed by atoms with Crippen molar-refractivity contribution in [3.8, 4) is 0 Å². The number of halogens is 3. The van der Waals surface area contributed by atoms with Gasteiger partial charge in [-0.2, -0.15) is 13.2 Å². The molecule has 0 amide bonds. The van der Waals surface area contributed by atoms with Gasteiger partial charge in [0, 0.05) is 5.39 Å². The van der Waals surface area contributed by atoms with Crippen LogP contribution in [0, 0.1) is 5.92 Å². The highest BCUT2D eigenvalue weighted by Crippen LogP contribution is 2.37. The van der Waals surface area contributed by atoms with E-state index in [1.54, 1.807) is 0 Å². The summed E-state index contributed by atoms with van der Waals surface area (Å²) in [4.78, 5) is 10.8. The van der Waals surface area contributed by atoms with Gasteiger partial charge in [0.1, 0.15) is 5.58 Å². The molecule has 0 saturated heterocycles. The fourth-order valence-electron chi connectivity index (χ4n) is 1.96. The second-order valence-electron chi connectivity index (χ2n) is 4.38. The molecule has 3 nitrogen and oxygen atoms in total. The summed E-state index contributed by atoms with van der Waals surface area (Å²) < 4.78 is 43.8. The molecule has 6 heteroatoms. The van der Waals surface area contributed by atoms with Crippen molar-refractivity contribution in [1.82, 2.24) is 0 Å². The Labute approximate surface area is 106 Å². The summed E-state index contributed by atoms with van der Waals surface area (Å²) in [6.07, 6.45) is -3.31. The predicted octanol–water partition coefficient (Wildman–Crippen LogP) is 3.71. The third-order valence-corrected chi connectivity index (χ3v) is 2.93. The van der Waals surface area contributed by atoms with Gasteiger partial charge in [0.15, 0.2) is 0 Å². The maximum Gasteiger partial charge on any atom is 0.417 e. The number of benzene rings is 1. The van der Waals surface area contributed by atoms with Crippen molar-refractivity contribution in [3.05, 3.63) is 35.6 Å². The number of carbonyl (C=O) groups is 1. The number of fused-ring (bicyclic) bond motifs is 1. The van der Waals surface area contributed by atoms with E-state index in [0.29, 0.717) is 0 Å². The lowest BCUT2D eigenvalue weighted by atomic mass is 9.98. The quantitative estimate of drug-likeness (QED) is 0.926. The van der Waals surface area contributed by atoms with Crippen molar-refractivity contribution in [1.29, 1.82) is 0 Å². The van der Waals surface area contributed by atoms with E-state index in [0.717, 1.165) is 6.07 Å². The Hall–Kier alpha value is -1.98. The zero-order chi connectivity index (χ0) is 14.2. The molecule has 2 rings (SSSR count). The van der Waals surface area contributed by atoms with Crippen LogP contribution >= 0.6 is 0 Å². The molecular weight excluding hydrogens is 261 g/mol. The van der Waals surface area contributed by atoms with Gasteiger partial charge in [-0.3, -0.25) is 4.79 Å². The molecule has 0 radical (unpaired) electrons. The molecule has 0 spiro atoms. The first-order chi connectivity index (χ1) is 8.80. The molecule has 1 atom stereocenters. The number of carboxylic acid groups (broad SMARTS) is 1. The van der Waals surface area contributed by atoms with E-state index in [9.17, 15) is 18.0 Å². The van der Waals surface area contributed by atoms with Gasteiger partial charge in [-0.05, 0) is 24.1 Å². The molecule has 19 heavy (non-hydrogen) atoms. The van der Waals surface area contributed by atoms with E-state index in [1.165, 1.54) is 25.3 Å². The van der Waals surface area contributed by atoms with Crippen LogP contribution < -0.4 is 0 Å². The highest BCUT2D eigenvalue weighted by atomic mass is 19.4. The minimum atomic E-state index is -4.50. The summed E-state index contributed by atoms with van der Waals surface area (Å²) in [6.45, 7) is 1.44. The lowest BCUT2D eigenvalue weighted by molar-refractivity contribution is -0.141. The first-order valence-electron chi connectivity index (χ1n) is 5.60. The Bertz CT molecular complexity index is 613. The lowest BCUT2D eigenvalue weighted by Gasteiger charge is -2.10. The number of hydrogen-bond acceptors (Lipinski definition) is 2. The Balaban J connectivity index is 2.54. The summed E-state index contributed by atoms with van der Waals surface area (Å²) in [6, 6.07) is 3.66. The molecule has 0 fully saturated rings. The van der Waals surface area contributed by atoms with E-state index in [4.69, 9.17) is 9.52 Å². The normalized spacial score (nSPS) is 13.7. The highest BCUT2D eigenvalue weighted by molar-refractivity contribution is 5.85. The molecule has 0 saturated carbocycles. The zero-order valence-corrected chi connectivity index (χ0v) is 9.99. The molecule has 0 aliphatic rings. The molecule has 0 aliphatic carbocycles. The van der Waals surface area contributed by atoms with Gasteiger partial charge < -0.3 is 9.52 Å². The van der Waals surface area contributed by atoms with Gasteiger partial charge in [0.2, 0.25) is 0 Å². The average molecular weight is 272 g/mol. The molecule has 1 N–H and O–H groups in total. The van der Waals surface area contributed by atoms with Gasteiger partial charge in [-0.15, -0.1) is 0 Å². The summed E-state index contributed by atoms with van der Waals surface area (Å²) in [7, 11) is 0. The molecule has 0 bridgehead atoms. The van der Waals surface area contributed by atoms with E-state index in [-0.39, 0.29) is 23.0 Å². The number of rotatable bonds is 3. The van der Waals surface area contributed by atoms with Gasteiger partial charge in [-0.1, -0.05) is 13.0 Å². The highest BCUT2D eigenvalue weighted by Gasteiger charge is 2.34. The van der Waals surface area contributed by atoms with Crippen LogP contribution in [0.2, 0.25) is 0 Å². The summed E-state index contributed by atoms with van der Waals surface area (Å²) in [5.41, 5.74) is -0.424. The van der Waals surface area contributed by atoms with E-state index in [1.807, 2.05) is 0 Å². The molecule has 2 aromatic rings. The molecule has 1 heterocycles. The van der Waals surface area contributed by atoms with Crippen LogP contribution in [-0.4, -0.2) is 11.1 Å². The number of carboxylic acids is 1. The predicted molar refractivity (Wildman–Crippen MR) is 61.7 cm³/mol. The Morgan fingerprint density at radius 2 is 2.11 bits per heavy atom. The fourth-order valence-corrected chi connectivity index (χ4v) is 1.96. The van der Waals surface area contributed by atoms with Crippen molar-refractivity contribution in [2.75, 3.05) is 0 Å². The topological polar surface area (TPSA) is 50.4 Å². The number of aliphatic carboxylic acids is 1. The van der Waals surface area contributed by atoms with Gasteiger partial charge >= 0.3 is 12.1 Å². The third kappa shape index (κ3) is 2.57. The Morgan fingerprint density at radius 3 is 2.68 bits per heavy atom. The SMILES string of the molecule is CC(Cc1coc2cccc(C(F)(F)F)c12)C(=O)O. The lowest BCUT2D eigenvalue weighted by Crippen LogP contribution is -2.13. The van der Waals surface area contributed by atoms with E-state index >= 15 is 0 Å². The van der Waals surface area contributed by atoms with Crippen LogP contribution in [-0.2, 0) is 17.4 Å². The van der Waals surface area contributed by atoms with Crippen LogP contribution in [0.3, 0.4) is 0 Å². The van der Waals surface area contributed by atoms with E-state index < -0.39 is 23.6 Å². The van der Waals surface area contributed by atoms with Gasteiger partial charge in [0.05, 0.1) is 17.7 Å². The Morgan fingerprint density at radius 1 is 1.42 bits per heavy atom. The van der Waals surface area contributed by atoms with Crippen molar-refractivity contribution in [2.24, 2.45) is 5.92 Å². The van der Waals surface area contributed by atoms with Crippen LogP contribution in [0.15, 0.2) is 28.9 Å². The van der Waals surface area contributed by atoms with Crippen molar-refractivity contribution in [2.45, 2.75) is 19.5 Å². The minimum absolute atomic E-state index is 0.00454.